The molecule has 0 bridgehead atoms. The maximum absolute atomic E-state index is 11.7. The third-order valence-corrected chi connectivity index (χ3v) is 3.24. The minimum Gasteiger partial charge on any atom is -0.493 e. The number of nitrogens with one attached hydrogen (secondary N) is 1. The van der Waals surface area contributed by atoms with Crippen molar-refractivity contribution in [2.45, 2.75) is 26.2 Å². The van der Waals surface area contributed by atoms with E-state index in [0.29, 0.717) is 24.5 Å². The van der Waals surface area contributed by atoms with Crippen LogP contribution >= 0.6 is 0 Å². The molecule has 2 N–H and O–H groups in total. The van der Waals surface area contributed by atoms with Crippen LogP contribution in [0.4, 0.5) is 0 Å². The fourth-order valence-corrected chi connectivity index (χ4v) is 2.14. The number of carboxylic acids is 1. The maximum atomic E-state index is 11.7. The highest BCUT2D eigenvalue weighted by molar-refractivity contribution is 5.77. The Hall–Kier alpha value is -2.24. The Labute approximate surface area is 130 Å². The monoisotopic (exact) mass is 309 g/mol. The molecule has 0 aliphatic rings. The van der Waals surface area contributed by atoms with Crippen molar-refractivity contribution in [1.82, 2.24) is 5.32 Å². The van der Waals surface area contributed by atoms with Gasteiger partial charge in [-0.1, -0.05) is 13.0 Å². The SMILES string of the molecule is COc1ccc(CCNC(=O)C[C@@H](C)CC(=O)O)cc1OC. The predicted octanol–water partition coefficient (Wildman–Crippen LogP) is 1.86. The Kier molecular flexibility index (Phi) is 7.22. The van der Waals surface area contributed by atoms with Crippen LogP contribution in [0, 0.1) is 5.92 Å². The summed E-state index contributed by atoms with van der Waals surface area (Å²) in [5.74, 6) is 0.137. The third-order valence-electron chi connectivity index (χ3n) is 3.24. The van der Waals surface area contributed by atoms with Gasteiger partial charge in [0.2, 0.25) is 5.91 Å². The van der Waals surface area contributed by atoms with Crippen molar-refractivity contribution in [2.75, 3.05) is 20.8 Å². The van der Waals surface area contributed by atoms with Gasteiger partial charge in [-0.25, -0.2) is 0 Å². The number of carbonyl (C=O) groups is 2. The molecule has 0 unspecified atom stereocenters. The fourth-order valence-electron chi connectivity index (χ4n) is 2.14. The summed E-state index contributed by atoms with van der Waals surface area (Å²) >= 11 is 0. The number of benzene rings is 1. The zero-order valence-electron chi connectivity index (χ0n) is 13.2. The Morgan fingerprint density at radius 2 is 1.86 bits per heavy atom. The molecule has 0 aliphatic heterocycles. The molecule has 0 heterocycles. The second-order valence-corrected chi connectivity index (χ2v) is 5.20. The molecular weight excluding hydrogens is 286 g/mol. The smallest absolute Gasteiger partial charge is 0.303 e. The molecule has 122 valence electrons. The normalized spacial score (nSPS) is 11.6. The Bertz CT molecular complexity index is 515. The van der Waals surface area contributed by atoms with Gasteiger partial charge in [0.1, 0.15) is 0 Å². The summed E-state index contributed by atoms with van der Waals surface area (Å²) in [4.78, 5) is 22.2. The van der Waals surface area contributed by atoms with Crippen molar-refractivity contribution in [3.8, 4) is 11.5 Å². The molecule has 0 saturated carbocycles. The quantitative estimate of drug-likeness (QED) is 0.727. The summed E-state index contributed by atoms with van der Waals surface area (Å²) < 4.78 is 10.4. The summed E-state index contributed by atoms with van der Waals surface area (Å²) in [6, 6.07) is 5.61. The lowest BCUT2D eigenvalue weighted by Crippen LogP contribution is -2.27. The average Bonchev–Trinajstić information content (AvgIpc) is 2.45. The second-order valence-electron chi connectivity index (χ2n) is 5.20. The number of carbonyl (C=O) groups excluding carboxylic acids is 1. The molecule has 0 aromatic heterocycles. The van der Waals surface area contributed by atoms with Crippen LogP contribution in [0.2, 0.25) is 0 Å². The molecule has 0 saturated heterocycles. The van der Waals surface area contributed by atoms with Crippen LogP contribution in [0.25, 0.3) is 0 Å². The Morgan fingerprint density at radius 1 is 1.18 bits per heavy atom. The predicted molar refractivity (Wildman–Crippen MR) is 82.3 cm³/mol. The van der Waals surface area contributed by atoms with E-state index in [1.165, 1.54) is 0 Å². The molecule has 1 rings (SSSR count). The molecular formula is C16H23NO5. The van der Waals surface area contributed by atoms with Crippen molar-refractivity contribution < 1.29 is 24.2 Å². The van der Waals surface area contributed by atoms with Crippen LogP contribution in [0.1, 0.15) is 25.3 Å². The number of amides is 1. The van der Waals surface area contributed by atoms with Gasteiger partial charge in [0.15, 0.2) is 11.5 Å². The number of rotatable bonds is 9. The van der Waals surface area contributed by atoms with Crippen molar-refractivity contribution in [3.05, 3.63) is 23.8 Å². The number of ether oxygens (including phenoxy) is 2. The van der Waals surface area contributed by atoms with Crippen LogP contribution in [-0.4, -0.2) is 37.7 Å². The van der Waals surface area contributed by atoms with E-state index >= 15 is 0 Å². The van der Waals surface area contributed by atoms with E-state index in [1.807, 2.05) is 18.2 Å². The van der Waals surface area contributed by atoms with Crippen LogP contribution in [0.15, 0.2) is 18.2 Å². The van der Waals surface area contributed by atoms with E-state index < -0.39 is 5.97 Å². The van der Waals surface area contributed by atoms with Gasteiger partial charge in [0.05, 0.1) is 14.2 Å². The van der Waals surface area contributed by atoms with Crippen LogP contribution in [-0.2, 0) is 16.0 Å². The topological polar surface area (TPSA) is 84.9 Å². The molecule has 1 aromatic rings. The Balaban J connectivity index is 2.40. The molecule has 1 atom stereocenters. The number of methoxy groups -OCH3 is 2. The molecule has 1 amide bonds. The van der Waals surface area contributed by atoms with Crippen LogP contribution < -0.4 is 14.8 Å². The molecule has 6 nitrogen and oxygen atoms in total. The molecule has 0 radical (unpaired) electrons. The first kappa shape index (κ1) is 17.8. The van der Waals surface area contributed by atoms with E-state index in [0.717, 1.165) is 5.56 Å². The van der Waals surface area contributed by atoms with E-state index in [4.69, 9.17) is 14.6 Å². The maximum Gasteiger partial charge on any atom is 0.303 e. The van der Waals surface area contributed by atoms with Crippen molar-refractivity contribution in [2.24, 2.45) is 5.92 Å². The van der Waals surface area contributed by atoms with Crippen LogP contribution in [0.3, 0.4) is 0 Å². The first-order chi connectivity index (χ1) is 10.5. The van der Waals surface area contributed by atoms with Gasteiger partial charge in [-0.15, -0.1) is 0 Å². The number of hydrogen-bond acceptors (Lipinski definition) is 4. The molecule has 6 heteroatoms. The average molecular weight is 309 g/mol. The van der Waals surface area contributed by atoms with Gasteiger partial charge in [0, 0.05) is 19.4 Å². The molecule has 22 heavy (non-hydrogen) atoms. The van der Waals surface area contributed by atoms with Gasteiger partial charge in [0.25, 0.3) is 0 Å². The van der Waals surface area contributed by atoms with Gasteiger partial charge >= 0.3 is 5.97 Å². The van der Waals surface area contributed by atoms with Crippen LogP contribution in [0.5, 0.6) is 11.5 Å². The molecule has 0 spiro atoms. The minimum atomic E-state index is -0.884. The highest BCUT2D eigenvalue weighted by atomic mass is 16.5. The minimum absolute atomic E-state index is 0.00307. The number of aliphatic carboxylic acids is 1. The summed E-state index contributed by atoms with van der Waals surface area (Å²) in [6.45, 7) is 2.25. The highest BCUT2D eigenvalue weighted by Crippen LogP contribution is 2.27. The van der Waals surface area contributed by atoms with E-state index in [1.54, 1.807) is 21.1 Å². The summed E-state index contributed by atoms with van der Waals surface area (Å²) in [6.07, 6.45) is 0.890. The second kappa shape index (κ2) is 8.92. The van der Waals surface area contributed by atoms with E-state index in [2.05, 4.69) is 5.32 Å². The largest absolute Gasteiger partial charge is 0.493 e. The number of hydrogen-bond donors (Lipinski definition) is 2. The Morgan fingerprint density at radius 3 is 2.45 bits per heavy atom. The zero-order valence-corrected chi connectivity index (χ0v) is 13.2. The van der Waals surface area contributed by atoms with E-state index in [9.17, 15) is 9.59 Å². The first-order valence-corrected chi connectivity index (χ1v) is 7.15. The first-order valence-electron chi connectivity index (χ1n) is 7.15. The highest BCUT2D eigenvalue weighted by Gasteiger charge is 2.12. The lowest BCUT2D eigenvalue weighted by molar-refractivity contribution is -0.138. The standard InChI is InChI=1S/C16H23NO5/c1-11(9-16(19)20)8-15(18)17-7-6-12-4-5-13(21-2)14(10-12)22-3/h4-5,10-11H,6-9H2,1-3H3,(H,17,18)(H,19,20)/t11-/m1/s1. The van der Waals surface area contributed by atoms with Crippen molar-refractivity contribution in [3.63, 3.8) is 0 Å². The number of carboxylic acid groups (broad SMARTS) is 1. The summed E-state index contributed by atoms with van der Waals surface area (Å²) in [7, 11) is 3.16. The lowest BCUT2D eigenvalue weighted by atomic mass is 10.0. The molecule has 0 aliphatic carbocycles. The van der Waals surface area contributed by atoms with E-state index in [-0.39, 0.29) is 24.7 Å². The lowest BCUT2D eigenvalue weighted by Gasteiger charge is -2.11. The van der Waals surface area contributed by atoms with Crippen molar-refractivity contribution >= 4 is 11.9 Å². The van der Waals surface area contributed by atoms with Gasteiger partial charge < -0.3 is 19.9 Å². The summed E-state index contributed by atoms with van der Waals surface area (Å²) in [5.41, 5.74) is 1.02. The van der Waals surface area contributed by atoms with Crippen molar-refractivity contribution in [1.29, 1.82) is 0 Å². The third kappa shape index (κ3) is 6.03. The zero-order chi connectivity index (χ0) is 16.5. The van der Waals surface area contributed by atoms with Gasteiger partial charge in [-0.3, -0.25) is 9.59 Å². The van der Waals surface area contributed by atoms with Gasteiger partial charge in [-0.2, -0.15) is 0 Å². The molecule has 0 fully saturated rings. The molecule has 1 aromatic carbocycles. The van der Waals surface area contributed by atoms with Gasteiger partial charge in [-0.05, 0) is 30.0 Å². The fraction of sp³-hybridized carbons (Fsp3) is 0.500. The summed E-state index contributed by atoms with van der Waals surface area (Å²) in [5, 5.41) is 11.5.